The molecule has 2 rings (SSSR count). The molecule has 4 nitrogen and oxygen atoms in total. The van der Waals surface area contributed by atoms with Gasteiger partial charge in [-0.1, -0.05) is 41.6 Å². The molecule has 0 saturated heterocycles. The standard InChI is InChI=1S/C12H10ClN3OS/c1-18-12-14-11(17)10(15-16-12)7-4-8-2-5-9(13)6-3-8/h2-7H,1H3,(H,14,16,17). The lowest BCUT2D eigenvalue weighted by Crippen LogP contribution is -2.14. The lowest BCUT2D eigenvalue weighted by atomic mass is 10.2. The predicted molar refractivity (Wildman–Crippen MR) is 74.8 cm³/mol. The highest BCUT2D eigenvalue weighted by molar-refractivity contribution is 7.98. The first-order chi connectivity index (χ1) is 8.69. The summed E-state index contributed by atoms with van der Waals surface area (Å²) in [6.07, 6.45) is 5.23. The van der Waals surface area contributed by atoms with Crippen LogP contribution in [0.3, 0.4) is 0 Å². The van der Waals surface area contributed by atoms with E-state index < -0.39 is 0 Å². The van der Waals surface area contributed by atoms with Gasteiger partial charge in [-0.05, 0) is 30.0 Å². The van der Waals surface area contributed by atoms with E-state index in [1.54, 1.807) is 24.3 Å². The van der Waals surface area contributed by atoms with Gasteiger partial charge in [0.2, 0.25) is 0 Å². The summed E-state index contributed by atoms with van der Waals surface area (Å²) in [7, 11) is 0. The summed E-state index contributed by atoms with van der Waals surface area (Å²) in [6.45, 7) is 0. The van der Waals surface area contributed by atoms with Gasteiger partial charge in [0, 0.05) is 5.02 Å². The molecule has 0 unspecified atom stereocenters. The van der Waals surface area contributed by atoms with E-state index in [2.05, 4.69) is 15.2 Å². The molecule has 0 bridgehead atoms. The molecule has 6 heteroatoms. The number of thioether (sulfide) groups is 1. The first-order valence-corrected chi connectivity index (χ1v) is 6.74. The summed E-state index contributed by atoms with van der Waals surface area (Å²) in [5.41, 5.74) is 0.969. The zero-order valence-electron chi connectivity index (χ0n) is 9.55. The third kappa shape index (κ3) is 3.21. The Hall–Kier alpha value is -1.59. The molecule has 0 radical (unpaired) electrons. The van der Waals surface area contributed by atoms with Gasteiger partial charge in [-0.2, -0.15) is 0 Å². The smallest absolute Gasteiger partial charge is 0.277 e. The molecule has 92 valence electrons. The van der Waals surface area contributed by atoms with E-state index in [1.165, 1.54) is 11.8 Å². The van der Waals surface area contributed by atoms with Crippen molar-refractivity contribution in [3.8, 4) is 0 Å². The number of halogens is 1. The average molecular weight is 280 g/mol. The monoisotopic (exact) mass is 279 g/mol. The zero-order valence-corrected chi connectivity index (χ0v) is 11.1. The van der Waals surface area contributed by atoms with E-state index >= 15 is 0 Å². The summed E-state index contributed by atoms with van der Waals surface area (Å²) in [5, 5.41) is 8.90. The highest BCUT2D eigenvalue weighted by Crippen LogP contribution is 2.11. The van der Waals surface area contributed by atoms with Gasteiger partial charge in [-0.25, -0.2) is 0 Å². The first kappa shape index (κ1) is 12.9. The van der Waals surface area contributed by atoms with Crippen LogP contribution in [-0.2, 0) is 0 Å². The maximum absolute atomic E-state index is 11.6. The van der Waals surface area contributed by atoms with Crippen LogP contribution in [0.25, 0.3) is 12.2 Å². The lowest BCUT2D eigenvalue weighted by Gasteiger charge is -1.95. The van der Waals surface area contributed by atoms with Gasteiger partial charge in [0.15, 0.2) is 10.9 Å². The van der Waals surface area contributed by atoms with Crippen molar-refractivity contribution in [2.75, 3.05) is 6.26 Å². The lowest BCUT2D eigenvalue weighted by molar-refractivity contribution is 0.811. The van der Waals surface area contributed by atoms with E-state index in [0.29, 0.717) is 10.2 Å². The minimum atomic E-state index is -0.250. The van der Waals surface area contributed by atoms with Crippen LogP contribution in [0.5, 0.6) is 0 Å². The maximum Gasteiger partial charge on any atom is 0.277 e. The Kier molecular flexibility index (Phi) is 4.17. The van der Waals surface area contributed by atoms with E-state index in [0.717, 1.165) is 5.56 Å². The van der Waals surface area contributed by atoms with Crippen LogP contribution in [0.15, 0.2) is 34.2 Å². The zero-order chi connectivity index (χ0) is 13.0. The first-order valence-electron chi connectivity index (χ1n) is 5.13. The van der Waals surface area contributed by atoms with Crippen molar-refractivity contribution in [3.63, 3.8) is 0 Å². The molecule has 0 atom stereocenters. The molecule has 0 spiro atoms. The van der Waals surface area contributed by atoms with Gasteiger partial charge in [0.1, 0.15) is 0 Å². The number of nitrogens with zero attached hydrogens (tertiary/aromatic N) is 2. The maximum atomic E-state index is 11.6. The van der Waals surface area contributed by atoms with Gasteiger partial charge in [-0.3, -0.25) is 9.78 Å². The van der Waals surface area contributed by atoms with Crippen molar-refractivity contribution in [1.29, 1.82) is 0 Å². The van der Waals surface area contributed by atoms with E-state index in [9.17, 15) is 4.79 Å². The Morgan fingerprint density at radius 1 is 1.22 bits per heavy atom. The fraction of sp³-hybridized carbons (Fsp3) is 0.0833. The van der Waals surface area contributed by atoms with Crippen LogP contribution in [-0.4, -0.2) is 21.4 Å². The molecule has 0 saturated carbocycles. The number of nitrogens with one attached hydrogen (secondary N) is 1. The third-order valence-electron chi connectivity index (χ3n) is 2.20. The highest BCUT2D eigenvalue weighted by atomic mass is 35.5. The molecule has 0 aliphatic carbocycles. The van der Waals surface area contributed by atoms with Crippen LogP contribution in [0.4, 0.5) is 0 Å². The molecule has 0 amide bonds. The number of aromatic nitrogens is 3. The predicted octanol–water partition coefficient (Wildman–Crippen LogP) is 2.71. The second kappa shape index (κ2) is 5.84. The van der Waals surface area contributed by atoms with Gasteiger partial charge in [-0.15, -0.1) is 10.2 Å². The van der Waals surface area contributed by atoms with Crippen LogP contribution in [0, 0.1) is 0 Å². The van der Waals surface area contributed by atoms with Crippen molar-refractivity contribution in [2.45, 2.75) is 5.16 Å². The Morgan fingerprint density at radius 2 is 1.94 bits per heavy atom. The Labute approximate surface area is 113 Å². The van der Waals surface area contributed by atoms with Crippen LogP contribution >= 0.6 is 23.4 Å². The number of hydrogen-bond acceptors (Lipinski definition) is 4. The summed E-state index contributed by atoms with van der Waals surface area (Å²) < 4.78 is 0. The van der Waals surface area contributed by atoms with Crippen molar-refractivity contribution in [2.24, 2.45) is 0 Å². The second-order valence-corrected chi connectivity index (χ2v) is 4.66. The molecule has 0 aliphatic heterocycles. The molecular weight excluding hydrogens is 270 g/mol. The molecule has 18 heavy (non-hydrogen) atoms. The Balaban J connectivity index is 2.23. The molecule has 1 heterocycles. The van der Waals surface area contributed by atoms with Crippen molar-refractivity contribution >= 4 is 35.5 Å². The SMILES string of the molecule is CSc1nnc(C=Cc2ccc(Cl)cc2)c(=O)[nH]1. The molecule has 1 aromatic heterocycles. The normalized spacial score (nSPS) is 11.0. The summed E-state index contributed by atoms with van der Waals surface area (Å²) in [5.74, 6) is 0. The third-order valence-corrected chi connectivity index (χ3v) is 3.02. The average Bonchev–Trinajstić information content (AvgIpc) is 2.39. The number of aromatic amines is 1. The van der Waals surface area contributed by atoms with Gasteiger partial charge in [0.05, 0.1) is 0 Å². The van der Waals surface area contributed by atoms with E-state index in [1.807, 2.05) is 18.4 Å². The fourth-order valence-electron chi connectivity index (χ4n) is 1.28. The summed E-state index contributed by atoms with van der Waals surface area (Å²) >= 11 is 7.12. The second-order valence-electron chi connectivity index (χ2n) is 3.43. The summed E-state index contributed by atoms with van der Waals surface area (Å²) in [4.78, 5) is 14.3. The number of rotatable bonds is 3. The topological polar surface area (TPSA) is 58.6 Å². The minimum Gasteiger partial charge on any atom is -0.298 e. The molecule has 2 aromatic rings. The minimum absolute atomic E-state index is 0.250. The molecule has 0 fully saturated rings. The number of hydrogen-bond donors (Lipinski definition) is 1. The Bertz CT molecular complexity index is 622. The van der Waals surface area contributed by atoms with Gasteiger partial charge in [0.25, 0.3) is 5.56 Å². The van der Waals surface area contributed by atoms with Crippen molar-refractivity contribution in [1.82, 2.24) is 15.2 Å². The highest BCUT2D eigenvalue weighted by Gasteiger charge is 2.00. The van der Waals surface area contributed by atoms with Crippen LogP contribution in [0.1, 0.15) is 11.3 Å². The number of H-pyrrole nitrogens is 1. The quantitative estimate of drug-likeness (QED) is 0.878. The number of benzene rings is 1. The molecule has 1 aromatic carbocycles. The van der Waals surface area contributed by atoms with Gasteiger partial charge < -0.3 is 0 Å². The molecule has 1 N–H and O–H groups in total. The van der Waals surface area contributed by atoms with Crippen molar-refractivity contribution < 1.29 is 0 Å². The van der Waals surface area contributed by atoms with E-state index in [-0.39, 0.29) is 11.3 Å². The van der Waals surface area contributed by atoms with Gasteiger partial charge >= 0.3 is 0 Å². The van der Waals surface area contributed by atoms with Crippen LogP contribution in [0.2, 0.25) is 5.02 Å². The fourth-order valence-corrected chi connectivity index (χ4v) is 1.72. The van der Waals surface area contributed by atoms with Crippen molar-refractivity contribution in [3.05, 3.63) is 50.9 Å². The molecular formula is C12H10ClN3OS. The Morgan fingerprint density at radius 3 is 2.56 bits per heavy atom. The largest absolute Gasteiger partial charge is 0.298 e. The summed E-state index contributed by atoms with van der Waals surface area (Å²) in [6, 6.07) is 7.29. The van der Waals surface area contributed by atoms with Crippen LogP contribution < -0.4 is 5.56 Å². The molecule has 0 aliphatic rings. The van der Waals surface area contributed by atoms with E-state index in [4.69, 9.17) is 11.6 Å².